The number of rotatable bonds is 6. The van der Waals surface area contributed by atoms with Crippen molar-refractivity contribution in [1.82, 2.24) is 15.3 Å². The minimum atomic E-state index is 0.224. The maximum absolute atomic E-state index is 8.71. The van der Waals surface area contributed by atoms with Gasteiger partial charge in [-0.15, -0.1) is 0 Å². The Bertz CT molecular complexity index is 586. The van der Waals surface area contributed by atoms with Crippen LogP contribution in [0.25, 0.3) is 0 Å². The van der Waals surface area contributed by atoms with Crippen LogP contribution >= 0.6 is 0 Å². The van der Waals surface area contributed by atoms with Gasteiger partial charge in [0.25, 0.3) is 0 Å². The average molecular weight is 283 g/mol. The van der Waals surface area contributed by atoms with Crippen LogP contribution in [0.3, 0.4) is 0 Å². The highest BCUT2D eigenvalue weighted by molar-refractivity contribution is 5.77. The summed E-state index contributed by atoms with van der Waals surface area (Å²) in [6, 6.07) is 9.47. The van der Waals surface area contributed by atoms with Crippen LogP contribution in [0, 0.1) is 11.5 Å². The molecule has 2 rings (SSSR count). The number of hydrogen-bond acceptors (Lipinski definition) is 4. The second-order valence-corrected chi connectivity index (χ2v) is 4.33. The molecule has 0 radical (unpaired) electrons. The summed E-state index contributed by atoms with van der Waals surface area (Å²) in [6.07, 6.45) is 8.16. The molecule has 0 saturated heterocycles. The van der Waals surface area contributed by atoms with Crippen molar-refractivity contribution < 1.29 is 4.74 Å². The van der Waals surface area contributed by atoms with Crippen LogP contribution in [-0.4, -0.2) is 22.5 Å². The Kier molecular flexibility index (Phi) is 5.82. The molecule has 0 spiro atoms. The third-order valence-corrected chi connectivity index (χ3v) is 2.75. The number of amidine groups is 1. The molecule has 0 aliphatic carbocycles. The van der Waals surface area contributed by atoms with Gasteiger partial charge in [0, 0.05) is 25.4 Å². The van der Waals surface area contributed by atoms with Crippen molar-refractivity contribution in [2.24, 2.45) is 4.99 Å². The first-order valence-corrected chi connectivity index (χ1v) is 6.79. The highest BCUT2D eigenvalue weighted by atomic mass is 16.5. The van der Waals surface area contributed by atoms with E-state index < -0.39 is 0 Å². The van der Waals surface area contributed by atoms with Gasteiger partial charge in [-0.25, -0.2) is 15.3 Å². The van der Waals surface area contributed by atoms with Gasteiger partial charge >= 0.3 is 6.02 Å². The molecule has 21 heavy (non-hydrogen) atoms. The number of imidazole rings is 1. The third kappa shape index (κ3) is 5.37. The molecule has 0 atom stereocenters. The first kappa shape index (κ1) is 14.6. The third-order valence-electron chi connectivity index (χ3n) is 2.75. The predicted molar refractivity (Wildman–Crippen MR) is 79.6 cm³/mol. The topological polar surface area (TPSA) is 86.1 Å². The number of aliphatic imine (C=N–C) groups is 1. The number of hydrogen-bond donors (Lipinski definition) is 2. The lowest BCUT2D eigenvalue weighted by Crippen LogP contribution is -2.24. The molecular formula is C15H17N5O. The lowest BCUT2D eigenvalue weighted by atomic mass is 10.2. The summed E-state index contributed by atoms with van der Waals surface area (Å²) < 4.78 is 5.51. The van der Waals surface area contributed by atoms with E-state index in [9.17, 15) is 0 Å². The van der Waals surface area contributed by atoms with Gasteiger partial charge in [-0.05, 0) is 25.0 Å². The van der Waals surface area contributed by atoms with E-state index >= 15 is 0 Å². The molecule has 0 aliphatic rings. The summed E-state index contributed by atoms with van der Waals surface area (Å²) >= 11 is 0. The number of aromatic nitrogens is 2. The van der Waals surface area contributed by atoms with E-state index in [1.54, 1.807) is 6.20 Å². The molecule has 6 heteroatoms. The minimum Gasteiger partial charge on any atom is -0.425 e. The van der Waals surface area contributed by atoms with Crippen LogP contribution in [-0.2, 0) is 6.42 Å². The fourth-order valence-corrected chi connectivity index (χ4v) is 1.76. The van der Waals surface area contributed by atoms with Crippen molar-refractivity contribution in [3.05, 3.63) is 48.5 Å². The highest BCUT2D eigenvalue weighted by Crippen LogP contribution is 2.08. The van der Waals surface area contributed by atoms with E-state index in [0.717, 1.165) is 25.1 Å². The molecule has 0 aliphatic heterocycles. The van der Waals surface area contributed by atoms with E-state index in [2.05, 4.69) is 20.3 Å². The van der Waals surface area contributed by atoms with Crippen LogP contribution in [0.2, 0.25) is 0 Å². The number of benzene rings is 1. The number of aromatic amines is 1. The summed E-state index contributed by atoms with van der Waals surface area (Å²) in [5.41, 5.74) is 0. The fourth-order valence-electron chi connectivity index (χ4n) is 1.76. The number of nitrogens with zero attached hydrogens (tertiary/aromatic N) is 3. The summed E-state index contributed by atoms with van der Waals surface area (Å²) in [5, 5.41) is 11.2. The minimum absolute atomic E-state index is 0.224. The molecule has 108 valence electrons. The molecule has 2 aromatic rings. The van der Waals surface area contributed by atoms with Crippen LogP contribution in [0.1, 0.15) is 18.7 Å². The van der Waals surface area contributed by atoms with Gasteiger partial charge in [0.15, 0.2) is 6.19 Å². The van der Waals surface area contributed by atoms with Gasteiger partial charge < -0.3 is 9.72 Å². The Hall–Kier alpha value is -2.81. The van der Waals surface area contributed by atoms with Crippen molar-refractivity contribution in [2.45, 2.75) is 19.3 Å². The lowest BCUT2D eigenvalue weighted by Gasteiger charge is -2.06. The normalized spacial score (nSPS) is 10.9. The van der Waals surface area contributed by atoms with Crippen LogP contribution in [0.5, 0.6) is 5.75 Å². The van der Waals surface area contributed by atoms with E-state index in [0.29, 0.717) is 12.3 Å². The van der Waals surface area contributed by atoms with Gasteiger partial charge in [-0.3, -0.25) is 0 Å². The van der Waals surface area contributed by atoms with Crippen molar-refractivity contribution in [1.29, 1.82) is 5.26 Å². The zero-order chi connectivity index (χ0) is 14.8. The van der Waals surface area contributed by atoms with Gasteiger partial charge in [-0.1, -0.05) is 18.2 Å². The molecule has 0 amide bonds. The average Bonchev–Trinajstić information content (AvgIpc) is 3.01. The molecule has 6 nitrogen and oxygen atoms in total. The zero-order valence-electron chi connectivity index (χ0n) is 11.6. The van der Waals surface area contributed by atoms with Crippen LogP contribution in [0.4, 0.5) is 0 Å². The molecule has 0 saturated carbocycles. The second-order valence-electron chi connectivity index (χ2n) is 4.33. The Morgan fingerprint density at radius 3 is 2.90 bits per heavy atom. The van der Waals surface area contributed by atoms with Gasteiger partial charge in [-0.2, -0.15) is 5.26 Å². The van der Waals surface area contributed by atoms with Crippen molar-refractivity contribution in [2.75, 3.05) is 6.54 Å². The molecule has 1 heterocycles. The second kappa shape index (κ2) is 8.38. The molecular weight excluding hydrogens is 266 g/mol. The Morgan fingerprint density at radius 1 is 1.33 bits per heavy atom. The quantitative estimate of drug-likeness (QED) is 0.280. The van der Waals surface area contributed by atoms with Crippen molar-refractivity contribution >= 4 is 6.02 Å². The number of unbranched alkanes of at least 4 members (excludes halogenated alkanes) is 1. The number of ether oxygens (including phenoxy) is 1. The largest absolute Gasteiger partial charge is 0.425 e. The van der Waals surface area contributed by atoms with Gasteiger partial charge in [0.05, 0.1) is 0 Å². The van der Waals surface area contributed by atoms with E-state index in [1.165, 1.54) is 0 Å². The maximum atomic E-state index is 8.71. The predicted octanol–water partition coefficient (Wildman–Crippen LogP) is 2.24. The van der Waals surface area contributed by atoms with Crippen LogP contribution < -0.4 is 10.1 Å². The lowest BCUT2D eigenvalue weighted by molar-refractivity contribution is 0.524. The Balaban J connectivity index is 1.76. The van der Waals surface area contributed by atoms with Crippen molar-refractivity contribution in [3.63, 3.8) is 0 Å². The number of H-pyrrole nitrogens is 1. The van der Waals surface area contributed by atoms with Gasteiger partial charge in [0.1, 0.15) is 11.6 Å². The van der Waals surface area contributed by atoms with E-state index in [1.807, 2.05) is 42.7 Å². The van der Waals surface area contributed by atoms with Gasteiger partial charge in [0.2, 0.25) is 0 Å². The summed E-state index contributed by atoms with van der Waals surface area (Å²) in [5.74, 6) is 1.63. The Morgan fingerprint density at radius 2 is 2.19 bits per heavy atom. The molecule has 0 fully saturated rings. The molecule has 1 aromatic carbocycles. The number of aryl methyl sites for hydroxylation is 1. The van der Waals surface area contributed by atoms with E-state index in [4.69, 9.17) is 10.00 Å². The zero-order valence-corrected chi connectivity index (χ0v) is 11.6. The fraction of sp³-hybridized carbons (Fsp3) is 0.267. The monoisotopic (exact) mass is 283 g/mol. The number of nitrogens with one attached hydrogen (secondary N) is 2. The number of nitriles is 1. The molecule has 0 bridgehead atoms. The number of para-hydroxylation sites is 1. The maximum Gasteiger partial charge on any atom is 0.303 e. The van der Waals surface area contributed by atoms with E-state index in [-0.39, 0.29) is 6.02 Å². The first-order chi connectivity index (χ1) is 10.4. The smallest absolute Gasteiger partial charge is 0.303 e. The molecule has 2 N–H and O–H groups in total. The first-order valence-electron chi connectivity index (χ1n) is 6.79. The molecule has 1 aromatic heterocycles. The molecule has 0 unspecified atom stereocenters. The standard InChI is InChI=1S/C15H17N5O/c16-12-20-15(21-13-6-2-1-3-7-13)19-9-5-4-8-14-17-10-11-18-14/h1-3,6-7,10-11H,4-5,8-9H2,(H,17,18)(H,19,20). The summed E-state index contributed by atoms with van der Waals surface area (Å²) in [7, 11) is 0. The summed E-state index contributed by atoms with van der Waals surface area (Å²) in [6.45, 7) is 0.595. The highest BCUT2D eigenvalue weighted by Gasteiger charge is 2.01. The SMILES string of the molecule is N#CNC(=NCCCCc1ncc[nH]1)Oc1ccccc1. The van der Waals surface area contributed by atoms with Crippen molar-refractivity contribution in [3.8, 4) is 11.9 Å². The summed E-state index contributed by atoms with van der Waals surface area (Å²) in [4.78, 5) is 11.5. The Labute approximate surface area is 123 Å². The van der Waals surface area contributed by atoms with Crippen LogP contribution in [0.15, 0.2) is 47.7 Å².